The van der Waals surface area contributed by atoms with E-state index in [1.807, 2.05) is 18.2 Å². The molecule has 1 amide bonds. The molecular formula is C38H48N2O3. The number of allylic oxidation sites excluding steroid dienone is 3. The van der Waals surface area contributed by atoms with Gasteiger partial charge in [0.25, 0.3) is 0 Å². The number of carbonyl (C=O) groups excluding carboxylic acids is 1. The number of carboxylic acid groups (broad SMARTS) is 1. The van der Waals surface area contributed by atoms with Crippen LogP contribution >= 0.6 is 0 Å². The minimum Gasteiger partial charge on any atom is -0.481 e. The van der Waals surface area contributed by atoms with E-state index in [9.17, 15) is 9.59 Å². The average Bonchev–Trinajstić information content (AvgIpc) is 3.52. The maximum absolute atomic E-state index is 10.5. The van der Waals surface area contributed by atoms with E-state index in [4.69, 9.17) is 5.11 Å². The van der Waals surface area contributed by atoms with Gasteiger partial charge in [-0.3, -0.25) is 9.59 Å². The molecule has 1 aliphatic heterocycles. The summed E-state index contributed by atoms with van der Waals surface area (Å²) in [5.41, 5.74) is 9.32. The van der Waals surface area contributed by atoms with Gasteiger partial charge >= 0.3 is 5.97 Å². The molecule has 3 aromatic carbocycles. The summed E-state index contributed by atoms with van der Waals surface area (Å²) in [7, 11) is 0. The summed E-state index contributed by atoms with van der Waals surface area (Å²) in [5.74, 6) is -0.585. The molecule has 0 spiro atoms. The number of nitrogens with zero attached hydrogens (tertiary/aromatic N) is 1. The van der Waals surface area contributed by atoms with Crippen molar-refractivity contribution in [1.82, 2.24) is 10.2 Å². The summed E-state index contributed by atoms with van der Waals surface area (Å²) in [6, 6.07) is 27.6. The molecule has 3 aromatic rings. The predicted molar refractivity (Wildman–Crippen MR) is 179 cm³/mol. The molecule has 0 atom stereocenters. The van der Waals surface area contributed by atoms with Crippen molar-refractivity contribution >= 4 is 12.4 Å². The van der Waals surface area contributed by atoms with Crippen LogP contribution in [0.25, 0.3) is 0 Å². The first-order chi connectivity index (χ1) is 20.9. The average molecular weight is 581 g/mol. The lowest BCUT2D eigenvalue weighted by molar-refractivity contribution is -0.136. The van der Waals surface area contributed by atoms with E-state index in [2.05, 4.69) is 117 Å². The molecule has 0 fully saturated rings. The zero-order valence-electron chi connectivity index (χ0n) is 26.3. The normalized spacial score (nSPS) is 12.8. The topological polar surface area (TPSA) is 69.6 Å². The molecule has 0 saturated carbocycles. The number of hydrogen-bond donors (Lipinski definition) is 2. The molecule has 1 aliphatic carbocycles. The van der Waals surface area contributed by atoms with Crippen molar-refractivity contribution in [2.24, 2.45) is 0 Å². The highest BCUT2D eigenvalue weighted by atomic mass is 16.4. The van der Waals surface area contributed by atoms with Gasteiger partial charge in [0.1, 0.15) is 0 Å². The van der Waals surface area contributed by atoms with Crippen LogP contribution in [0.15, 0.2) is 115 Å². The Hall–Kier alpha value is -4.38. The van der Waals surface area contributed by atoms with Gasteiger partial charge in [-0.1, -0.05) is 119 Å². The molecule has 5 rings (SSSR count). The van der Waals surface area contributed by atoms with E-state index >= 15 is 0 Å². The van der Waals surface area contributed by atoms with E-state index in [0.717, 1.165) is 12.1 Å². The van der Waals surface area contributed by atoms with Gasteiger partial charge in [0.2, 0.25) is 6.41 Å². The van der Waals surface area contributed by atoms with Crippen molar-refractivity contribution in [3.05, 3.63) is 143 Å². The molecule has 0 radical (unpaired) electrons. The highest BCUT2D eigenvalue weighted by molar-refractivity contribution is 5.66. The van der Waals surface area contributed by atoms with Crippen LogP contribution in [0.3, 0.4) is 0 Å². The molecule has 1 heterocycles. The first-order valence-electron chi connectivity index (χ1n) is 15.3. The standard InChI is InChI=1S/C22H22N2O.C10H12.C3H6O2.C3H8/c1-18-12-13-21(16-24(18)15-14-23-17-25)22(19-8-4-2-5-9-19)20-10-6-3-7-11-20;1-8-4-2-5-9-6-3-7-10(8)9;1-2-3(4)5;1-3-2/h2-13,16-17,22H,1,14-15H2,(H,23,25);2,4-5H,3,6-7H2,1H3;2H2,1H3,(H,4,5);3H2,1-2H3. The van der Waals surface area contributed by atoms with E-state index in [0.29, 0.717) is 13.1 Å². The molecule has 0 saturated heterocycles. The Kier molecular flexibility index (Phi) is 15.9. The molecule has 5 nitrogen and oxygen atoms in total. The third-order valence-corrected chi connectivity index (χ3v) is 7.00. The second-order valence-corrected chi connectivity index (χ2v) is 10.5. The van der Waals surface area contributed by atoms with E-state index in [1.165, 1.54) is 47.9 Å². The van der Waals surface area contributed by atoms with Crippen molar-refractivity contribution in [2.75, 3.05) is 13.1 Å². The van der Waals surface area contributed by atoms with Crippen molar-refractivity contribution in [2.45, 2.75) is 65.7 Å². The monoisotopic (exact) mass is 580 g/mol. The fourth-order valence-electron chi connectivity index (χ4n) is 4.90. The molecule has 2 aliphatic rings. The van der Waals surface area contributed by atoms with E-state index in [1.54, 1.807) is 18.1 Å². The van der Waals surface area contributed by atoms with Gasteiger partial charge in [0.15, 0.2) is 0 Å². The van der Waals surface area contributed by atoms with Crippen molar-refractivity contribution in [3.63, 3.8) is 0 Å². The quantitative estimate of drug-likeness (QED) is 0.208. The Morgan fingerprint density at radius 2 is 1.51 bits per heavy atom. The minimum atomic E-state index is -0.745. The largest absolute Gasteiger partial charge is 0.481 e. The van der Waals surface area contributed by atoms with Crippen LogP contribution in [-0.2, 0) is 22.4 Å². The Labute approximate surface area is 258 Å². The number of fused-ring (bicyclic) bond motifs is 1. The molecular weight excluding hydrogens is 532 g/mol. The summed E-state index contributed by atoms with van der Waals surface area (Å²) < 4.78 is 0. The Morgan fingerprint density at radius 1 is 0.930 bits per heavy atom. The summed E-state index contributed by atoms with van der Waals surface area (Å²) in [5, 5.41) is 10.4. The third kappa shape index (κ3) is 11.8. The number of aliphatic carboxylic acids is 1. The Balaban J connectivity index is 0.000000292. The maximum atomic E-state index is 10.5. The number of rotatable bonds is 8. The number of nitrogens with one attached hydrogen (secondary N) is 1. The number of aryl methyl sites for hydroxylation is 2. The molecule has 0 bridgehead atoms. The number of benzene rings is 3. The molecule has 0 unspecified atom stereocenters. The van der Waals surface area contributed by atoms with Crippen LogP contribution in [0.5, 0.6) is 0 Å². The summed E-state index contributed by atoms with van der Waals surface area (Å²) in [6.45, 7) is 13.4. The zero-order chi connectivity index (χ0) is 31.5. The molecule has 2 N–H and O–H groups in total. The van der Waals surface area contributed by atoms with Crippen LogP contribution in [0.2, 0.25) is 0 Å². The van der Waals surface area contributed by atoms with Crippen LogP contribution < -0.4 is 5.32 Å². The molecule has 228 valence electrons. The molecule has 0 aromatic heterocycles. The number of carbonyl (C=O) groups is 2. The van der Waals surface area contributed by atoms with Crippen molar-refractivity contribution in [3.8, 4) is 0 Å². The Bertz CT molecular complexity index is 1290. The molecule has 5 heteroatoms. The summed E-state index contributed by atoms with van der Waals surface area (Å²) >= 11 is 0. The summed E-state index contributed by atoms with van der Waals surface area (Å²) in [4.78, 5) is 21.9. The van der Waals surface area contributed by atoms with Crippen LogP contribution in [0.1, 0.15) is 73.8 Å². The van der Waals surface area contributed by atoms with E-state index in [-0.39, 0.29) is 12.3 Å². The van der Waals surface area contributed by atoms with Crippen LogP contribution in [0, 0.1) is 6.92 Å². The number of amides is 1. The lowest BCUT2D eigenvalue weighted by Gasteiger charge is -2.29. The number of carboxylic acids is 1. The van der Waals surface area contributed by atoms with E-state index < -0.39 is 5.97 Å². The highest BCUT2D eigenvalue weighted by Gasteiger charge is 2.20. The molecule has 43 heavy (non-hydrogen) atoms. The van der Waals surface area contributed by atoms with Gasteiger partial charge in [-0.05, 0) is 65.7 Å². The van der Waals surface area contributed by atoms with Crippen molar-refractivity contribution in [1.29, 1.82) is 0 Å². The lowest BCUT2D eigenvalue weighted by atomic mass is 9.84. The summed E-state index contributed by atoms with van der Waals surface area (Å²) in [6.07, 6.45) is 12.5. The van der Waals surface area contributed by atoms with Gasteiger partial charge in [-0.25, -0.2) is 0 Å². The minimum absolute atomic E-state index is 0.160. The van der Waals surface area contributed by atoms with Gasteiger partial charge in [0, 0.05) is 37.3 Å². The predicted octanol–water partition coefficient (Wildman–Crippen LogP) is 8.21. The smallest absolute Gasteiger partial charge is 0.303 e. The highest BCUT2D eigenvalue weighted by Crippen LogP contribution is 2.35. The fraction of sp³-hybridized carbons (Fsp3) is 0.316. The zero-order valence-corrected chi connectivity index (χ0v) is 26.3. The fourth-order valence-corrected chi connectivity index (χ4v) is 4.90. The first-order valence-corrected chi connectivity index (χ1v) is 15.3. The Morgan fingerprint density at radius 3 is 2.02 bits per heavy atom. The SMILES string of the molecule is C=C1C=CC(C(c2ccccc2)c2ccccc2)=CN1CCNC=O.CCC.CCC(=O)O.Cc1cccc2c1CCC2. The maximum Gasteiger partial charge on any atom is 0.303 e. The van der Waals surface area contributed by atoms with Gasteiger partial charge in [-0.15, -0.1) is 0 Å². The third-order valence-electron chi connectivity index (χ3n) is 7.00. The second kappa shape index (κ2) is 19.7. The first kappa shape index (κ1) is 34.8. The second-order valence-electron chi connectivity index (χ2n) is 10.5. The van der Waals surface area contributed by atoms with Gasteiger partial charge in [-0.2, -0.15) is 0 Å². The van der Waals surface area contributed by atoms with Crippen LogP contribution in [-0.4, -0.2) is 35.5 Å². The number of hydrogen-bond acceptors (Lipinski definition) is 3. The van der Waals surface area contributed by atoms with Gasteiger partial charge in [0.05, 0.1) is 0 Å². The lowest BCUT2D eigenvalue weighted by Crippen LogP contribution is -2.28. The van der Waals surface area contributed by atoms with Gasteiger partial charge < -0.3 is 15.3 Å². The van der Waals surface area contributed by atoms with Crippen LogP contribution in [0.4, 0.5) is 0 Å². The van der Waals surface area contributed by atoms with Crippen molar-refractivity contribution < 1.29 is 14.7 Å².